The van der Waals surface area contributed by atoms with Gasteiger partial charge in [-0.05, 0) is 20.3 Å². The van der Waals surface area contributed by atoms with Gasteiger partial charge < -0.3 is 9.47 Å². The van der Waals surface area contributed by atoms with Gasteiger partial charge in [-0.3, -0.25) is 0 Å². The Balaban J connectivity index is 2.23. The zero-order valence-electron chi connectivity index (χ0n) is 8.69. The van der Waals surface area contributed by atoms with E-state index >= 15 is 0 Å². The summed E-state index contributed by atoms with van der Waals surface area (Å²) in [6.45, 7) is 4.84. The SMILES string of the molecule is C[C@H]1CCO[C@](C)(c2ccccc2)O1. The van der Waals surface area contributed by atoms with Crippen LogP contribution in [0.1, 0.15) is 25.8 Å². The average molecular weight is 192 g/mol. The van der Waals surface area contributed by atoms with Crippen molar-refractivity contribution in [2.75, 3.05) is 6.61 Å². The molecule has 2 atom stereocenters. The number of hydrogen-bond acceptors (Lipinski definition) is 2. The normalized spacial score (nSPS) is 32.9. The zero-order chi connectivity index (χ0) is 10.0. The summed E-state index contributed by atoms with van der Waals surface area (Å²) in [7, 11) is 0. The molecule has 2 rings (SSSR count). The molecule has 1 fully saturated rings. The summed E-state index contributed by atoms with van der Waals surface area (Å²) in [5.74, 6) is -0.557. The van der Waals surface area contributed by atoms with E-state index in [1.165, 1.54) is 0 Å². The summed E-state index contributed by atoms with van der Waals surface area (Å²) >= 11 is 0. The highest BCUT2D eigenvalue weighted by atomic mass is 16.7. The van der Waals surface area contributed by atoms with E-state index in [1.54, 1.807) is 0 Å². The highest BCUT2D eigenvalue weighted by molar-refractivity contribution is 5.19. The first-order valence-electron chi connectivity index (χ1n) is 5.08. The number of rotatable bonds is 1. The minimum atomic E-state index is -0.557. The third-order valence-corrected chi connectivity index (χ3v) is 2.63. The lowest BCUT2D eigenvalue weighted by molar-refractivity contribution is -0.288. The minimum Gasteiger partial charge on any atom is -0.346 e. The minimum absolute atomic E-state index is 0.272. The molecule has 0 radical (unpaired) electrons. The molecule has 1 aromatic rings. The van der Waals surface area contributed by atoms with Crippen molar-refractivity contribution in [3.63, 3.8) is 0 Å². The van der Waals surface area contributed by atoms with Crippen LogP contribution in [0.25, 0.3) is 0 Å². The molecule has 0 N–H and O–H groups in total. The molecule has 76 valence electrons. The number of ether oxygens (including phenoxy) is 2. The molecule has 0 spiro atoms. The Labute approximate surface area is 84.8 Å². The summed E-state index contributed by atoms with van der Waals surface area (Å²) < 4.78 is 11.5. The second-order valence-electron chi connectivity index (χ2n) is 3.88. The molecule has 1 heterocycles. The van der Waals surface area contributed by atoms with E-state index in [-0.39, 0.29) is 6.10 Å². The van der Waals surface area contributed by atoms with Gasteiger partial charge in [0.1, 0.15) is 0 Å². The lowest BCUT2D eigenvalue weighted by atomic mass is 10.1. The van der Waals surface area contributed by atoms with Crippen LogP contribution >= 0.6 is 0 Å². The van der Waals surface area contributed by atoms with E-state index in [4.69, 9.17) is 9.47 Å². The Kier molecular flexibility index (Phi) is 2.57. The van der Waals surface area contributed by atoms with Crippen molar-refractivity contribution >= 4 is 0 Å². The average Bonchev–Trinajstić information content (AvgIpc) is 2.19. The molecule has 0 unspecified atom stereocenters. The summed E-state index contributed by atoms with van der Waals surface area (Å²) in [6, 6.07) is 10.1. The topological polar surface area (TPSA) is 18.5 Å². The zero-order valence-corrected chi connectivity index (χ0v) is 8.69. The van der Waals surface area contributed by atoms with Crippen LogP contribution in [0.5, 0.6) is 0 Å². The van der Waals surface area contributed by atoms with E-state index in [0.29, 0.717) is 0 Å². The molecule has 0 saturated carbocycles. The van der Waals surface area contributed by atoms with Crippen LogP contribution in [0.3, 0.4) is 0 Å². The van der Waals surface area contributed by atoms with Gasteiger partial charge in [-0.2, -0.15) is 0 Å². The third kappa shape index (κ3) is 1.81. The lowest BCUT2D eigenvalue weighted by Gasteiger charge is -2.37. The van der Waals surface area contributed by atoms with Gasteiger partial charge in [-0.15, -0.1) is 0 Å². The van der Waals surface area contributed by atoms with Crippen molar-refractivity contribution < 1.29 is 9.47 Å². The van der Waals surface area contributed by atoms with Crippen LogP contribution in [0.15, 0.2) is 30.3 Å². The number of benzene rings is 1. The van der Waals surface area contributed by atoms with Gasteiger partial charge in [0.15, 0.2) is 5.79 Å². The molecule has 0 aromatic heterocycles. The van der Waals surface area contributed by atoms with Crippen molar-refractivity contribution in [3.8, 4) is 0 Å². The van der Waals surface area contributed by atoms with Crippen molar-refractivity contribution in [1.82, 2.24) is 0 Å². The Morgan fingerprint density at radius 1 is 1.29 bits per heavy atom. The van der Waals surface area contributed by atoms with Gasteiger partial charge in [0, 0.05) is 5.56 Å². The second-order valence-corrected chi connectivity index (χ2v) is 3.88. The van der Waals surface area contributed by atoms with Crippen LogP contribution in [-0.4, -0.2) is 12.7 Å². The van der Waals surface area contributed by atoms with Crippen molar-refractivity contribution in [2.24, 2.45) is 0 Å². The largest absolute Gasteiger partial charge is 0.346 e. The van der Waals surface area contributed by atoms with Crippen LogP contribution in [-0.2, 0) is 15.3 Å². The predicted octanol–water partition coefficient (Wildman–Crippen LogP) is 2.68. The molecule has 1 aliphatic rings. The van der Waals surface area contributed by atoms with Crippen molar-refractivity contribution in [2.45, 2.75) is 32.2 Å². The molecular formula is C12H16O2. The van der Waals surface area contributed by atoms with Crippen LogP contribution < -0.4 is 0 Å². The van der Waals surface area contributed by atoms with E-state index in [9.17, 15) is 0 Å². The van der Waals surface area contributed by atoms with Crippen LogP contribution in [0.2, 0.25) is 0 Å². The lowest BCUT2D eigenvalue weighted by Crippen LogP contribution is -2.38. The molecule has 0 amide bonds. The van der Waals surface area contributed by atoms with Crippen molar-refractivity contribution in [3.05, 3.63) is 35.9 Å². The first-order valence-corrected chi connectivity index (χ1v) is 5.08. The maximum Gasteiger partial charge on any atom is 0.192 e. The van der Waals surface area contributed by atoms with E-state index in [2.05, 4.69) is 6.92 Å². The van der Waals surface area contributed by atoms with Gasteiger partial charge in [0.05, 0.1) is 12.7 Å². The highest BCUT2D eigenvalue weighted by Gasteiger charge is 2.33. The molecule has 2 heteroatoms. The molecule has 0 bridgehead atoms. The Morgan fingerprint density at radius 2 is 2.00 bits per heavy atom. The maximum atomic E-state index is 5.84. The molecule has 14 heavy (non-hydrogen) atoms. The molecule has 2 nitrogen and oxygen atoms in total. The quantitative estimate of drug-likeness (QED) is 0.681. The molecule has 1 saturated heterocycles. The van der Waals surface area contributed by atoms with Gasteiger partial charge in [-0.25, -0.2) is 0 Å². The van der Waals surface area contributed by atoms with E-state index < -0.39 is 5.79 Å². The smallest absolute Gasteiger partial charge is 0.192 e. The second kappa shape index (κ2) is 3.71. The fourth-order valence-corrected chi connectivity index (χ4v) is 1.79. The first kappa shape index (κ1) is 9.69. The van der Waals surface area contributed by atoms with Gasteiger partial charge in [0.25, 0.3) is 0 Å². The summed E-state index contributed by atoms with van der Waals surface area (Å²) in [5.41, 5.74) is 1.09. The third-order valence-electron chi connectivity index (χ3n) is 2.63. The molecular weight excluding hydrogens is 176 g/mol. The molecule has 0 aliphatic carbocycles. The Hall–Kier alpha value is -0.860. The fraction of sp³-hybridized carbons (Fsp3) is 0.500. The highest BCUT2D eigenvalue weighted by Crippen LogP contribution is 2.32. The standard InChI is InChI=1S/C12H16O2/c1-10-8-9-13-12(2,14-10)11-6-4-3-5-7-11/h3-7,10H,8-9H2,1-2H3/t10-,12-/m0/s1. The van der Waals surface area contributed by atoms with Crippen LogP contribution in [0, 0.1) is 0 Å². The predicted molar refractivity (Wildman–Crippen MR) is 54.9 cm³/mol. The number of hydrogen-bond donors (Lipinski definition) is 0. The monoisotopic (exact) mass is 192 g/mol. The fourth-order valence-electron chi connectivity index (χ4n) is 1.79. The molecule has 1 aliphatic heterocycles. The Bertz CT molecular complexity index is 296. The van der Waals surface area contributed by atoms with E-state index in [0.717, 1.165) is 18.6 Å². The van der Waals surface area contributed by atoms with Gasteiger partial charge >= 0.3 is 0 Å². The van der Waals surface area contributed by atoms with Crippen molar-refractivity contribution in [1.29, 1.82) is 0 Å². The summed E-state index contributed by atoms with van der Waals surface area (Å²) in [4.78, 5) is 0. The van der Waals surface area contributed by atoms with E-state index in [1.807, 2.05) is 37.3 Å². The summed E-state index contributed by atoms with van der Waals surface area (Å²) in [6.07, 6.45) is 1.25. The first-order chi connectivity index (χ1) is 6.71. The van der Waals surface area contributed by atoms with Crippen LogP contribution in [0.4, 0.5) is 0 Å². The summed E-state index contributed by atoms with van der Waals surface area (Å²) in [5, 5.41) is 0. The van der Waals surface area contributed by atoms with Gasteiger partial charge in [-0.1, -0.05) is 30.3 Å². The van der Waals surface area contributed by atoms with Gasteiger partial charge in [0.2, 0.25) is 0 Å². The maximum absolute atomic E-state index is 5.84. The molecule has 1 aromatic carbocycles. The Morgan fingerprint density at radius 3 is 2.64 bits per heavy atom.